The number of benzene rings is 2. The molecule has 5 heteroatoms. The lowest BCUT2D eigenvalue weighted by Gasteiger charge is -2.13. The molecule has 0 amide bonds. The predicted octanol–water partition coefficient (Wildman–Crippen LogP) is 3.27. The third-order valence-electron chi connectivity index (χ3n) is 3.22. The van der Waals surface area contributed by atoms with Crippen molar-refractivity contribution in [2.24, 2.45) is 0 Å². The monoisotopic (exact) mass is 321 g/mol. The first-order chi connectivity index (χ1) is 10.6. The highest BCUT2D eigenvalue weighted by Gasteiger charge is 2.08. The standard InChI is InChI=1S/C17H20ClNO3/c1-2-22-17-7-6-12(8-15(17)18)10-19-11-16(21)13-4-3-5-14(20)9-13/h3-9,16,19-21H,2,10-11H2,1H3/t16-/m0/s1. The molecule has 0 saturated heterocycles. The van der Waals surface area contributed by atoms with Crippen LogP contribution in [0.3, 0.4) is 0 Å². The van der Waals surface area contributed by atoms with Crippen molar-refractivity contribution in [2.45, 2.75) is 19.6 Å². The van der Waals surface area contributed by atoms with Crippen LogP contribution in [0.2, 0.25) is 5.02 Å². The van der Waals surface area contributed by atoms with Crippen molar-refractivity contribution in [1.29, 1.82) is 0 Å². The van der Waals surface area contributed by atoms with E-state index in [-0.39, 0.29) is 5.75 Å². The summed E-state index contributed by atoms with van der Waals surface area (Å²) in [7, 11) is 0. The smallest absolute Gasteiger partial charge is 0.137 e. The minimum Gasteiger partial charge on any atom is -0.508 e. The zero-order valence-corrected chi connectivity index (χ0v) is 13.2. The van der Waals surface area contributed by atoms with Crippen LogP contribution in [0.25, 0.3) is 0 Å². The van der Waals surface area contributed by atoms with Gasteiger partial charge in [0.1, 0.15) is 11.5 Å². The van der Waals surface area contributed by atoms with Gasteiger partial charge in [0.05, 0.1) is 17.7 Å². The van der Waals surface area contributed by atoms with Crippen LogP contribution in [0.5, 0.6) is 11.5 Å². The van der Waals surface area contributed by atoms with Crippen molar-refractivity contribution in [3.63, 3.8) is 0 Å². The van der Waals surface area contributed by atoms with Crippen LogP contribution >= 0.6 is 11.6 Å². The Morgan fingerprint density at radius 3 is 2.73 bits per heavy atom. The molecule has 1 atom stereocenters. The Hall–Kier alpha value is -1.75. The lowest BCUT2D eigenvalue weighted by Crippen LogP contribution is -2.21. The Labute approximate surface area is 135 Å². The van der Waals surface area contributed by atoms with Crippen molar-refractivity contribution in [3.05, 3.63) is 58.6 Å². The number of aromatic hydroxyl groups is 1. The van der Waals surface area contributed by atoms with E-state index in [0.717, 1.165) is 5.56 Å². The summed E-state index contributed by atoms with van der Waals surface area (Å²) >= 11 is 6.13. The van der Waals surface area contributed by atoms with Gasteiger partial charge in [-0.05, 0) is 42.3 Å². The number of phenols is 1. The SMILES string of the molecule is CCOc1ccc(CNC[C@H](O)c2cccc(O)c2)cc1Cl. The Kier molecular flexibility index (Phi) is 6.07. The number of aliphatic hydroxyl groups is 1. The molecule has 0 fully saturated rings. The first-order valence-electron chi connectivity index (χ1n) is 7.19. The number of nitrogens with one attached hydrogen (secondary N) is 1. The number of hydrogen-bond acceptors (Lipinski definition) is 4. The van der Waals surface area contributed by atoms with Crippen LogP contribution < -0.4 is 10.1 Å². The third-order valence-corrected chi connectivity index (χ3v) is 3.51. The Bertz CT molecular complexity index is 619. The quantitative estimate of drug-likeness (QED) is 0.732. The molecule has 0 saturated carbocycles. The summed E-state index contributed by atoms with van der Waals surface area (Å²) in [5.41, 5.74) is 1.69. The molecule has 0 unspecified atom stereocenters. The fourth-order valence-electron chi connectivity index (χ4n) is 2.13. The number of ether oxygens (including phenoxy) is 1. The molecule has 0 bridgehead atoms. The molecule has 3 N–H and O–H groups in total. The summed E-state index contributed by atoms with van der Waals surface area (Å²) in [6, 6.07) is 12.2. The van der Waals surface area contributed by atoms with Crippen molar-refractivity contribution < 1.29 is 14.9 Å². The van der Waals surface area contributed by atoms with E-state index in [1.165, 1.54) is 0 Å². The lowest BCUT2D eigenvalue weighted by molar-refractivity contribution is 0.174. The predicted molar refractivity (Wildman–Crippen MR) is 87.4 cm³/mol. The number of phenolic OH excluding ortho intramolecular Hbond substituents is 1. The largest absolute Gasteiger partial charge is 0.508 e. The highest BCUT2D eigenvalue weighted by atomic mass is 35.5. The van der Waals surface area contributed by atoms with E-state index in [4.69, 9.17) is 16.3 Å². The zero-order valence-electron chi connectivity index (χ0n) is 12.4. The average molecular weight is 322 g/mol. The summed E-state index contributed by atoms with van der Waals surface area (Å²) < 4.78 is 5.39. The summed E-state index contributed by atoms with van der Waals surface area (Å²) in [5.74, 6) is 0.822. The van der Waals surface area contributed by atoms with Crippen LogP contribution in [0.15, 0.2) is 42.5 Å². The fourth-order valence-corrected chi connectivity index (χ4v) is 2.39. The second-order valence-corrected chi connectivity index (χ2v) is 5.35. The van der Waals surface area contributed by atoms with Crippen molar-refractivity contribution in [3.8, 4) is 11.5 Å². The van der Waals surface area contributed by atoms with E-state index in [9.17, 15) is 10.2 Å². The second-order valence-electron chi connectivity index (χ2n) is 4.94. The number of rotatable bonds is 7. The molecule has 2 rings (SSSR count). The molecular formula is C17H20ClNO3. The molecule has 2 aromatic rings. The van der Waals surface area contributed by atoms with Crippen molar-refractivity contribution in [2.75, 3.05) is 13.2 Å². The topological polar surface area (TPSA) is 61.7 Å². The molecule has 0 aromatic heterocycles. The Balaban J connectivity index is 1.87. The minimum atomic E-state index is -0.676. The van der Waals surface area contributed by atoms with Gasteiger partial charge in [-0.1, -0.05) is 29.8 Å². The van der Waals surface area contributed by atoms with Gasteiger partial charge in [-0.3, -0.25) is 0 Å². The van der Waals surface area contributed by atoms with Gasteiger partial charge in [-0.25, -0.2) is 0 Å². The third kappa shape index (κ3) is 4.63. The van der Waals surface area contributed by atoms with Crippen LogP contribution in [-0.4, -0.2) is 23.4 Å². The number of halogens is 1. The first-order valence-corrected chi connectivity index (χ1v) is 7.57. The first kappa shape index (κ1) is 16.6. The van der Waals surface area contributed by atoms with E-state index in [0.29, 0.717) is 36.0 Å². The highest BCUT2D eigenvalue weighted by Crippen LogP contribution is 2.25. The van der Waals surface area contributed by atoms with Gasteiger partial charge in [0, 0.05) is 13.1 Å². The van der Waals surface area contributed by atoms with Gasteiger partial charge in [0.2, 0.25) is 0 Å². The van der Waals surface area contributed by atoms with Crippen LogP contribution in [-0.2, 0) is 6.54 Å². The van der Waals surface area contributed by atoms with Gasteiger partial charge < -0.3 is 20.3 Å². The molecule has 0 aliphatic carbocycles. The normalized spacial score (nSPS) is 12.1. The van der Waals surface area contributed by atoms with Crippen molar-refractivity contribution >= 4 is 11.6 Å². The summed E-state index contributed by atoms with van der Waals surface area (Å²) in [6.07, 6.45) is -0.676. The zero-order chi connectivity index (χ0) is 15.9. The Morgan fingerprint density at radius 2 is 2.05 bits per heavy atom. The van der Waals surface area contributed by atoms with E-state index < -0.39 is 6.10 Å². The molecular weight excluding hydrogens is 302 g/mol. The second kappa shape index (κ2) is 8.03. The van der Waals surface area contributed by atoms with E-state index in [2.05, 4.69) is 5.32 Å². The maximum absolute atomic E-state index is 10.1. The average Bonchev–Trinajstić information content (AvgIpc) is 2.50. The summed E-state index contributed by atoms with van der Waals surface area (Å²) in [4.78, 5) is 0. The highest BCUT2D eigenvalue weighted by molar-refractivity contribution is 6.32. The van der Waals surface area contributed by atoms with Gasteiger partial charge in [0.15, 0.2) is 0 Å². The van der Waals surface area contributed by atoms with Gasteiger partial charge >= 0.3 is 0 Å². The van der Waals surface area contributed by atoms with Gasteiger partial charge in [-0.2, -0.15) is 0 Å². The molecule has 0 aliphatic heterocycles. The summed E-state index contributed by atoms with van der Waals surface area (Å²) in [5, 5.41) is 23.2. The van der Waals surface area contributed by atoms with E-state index >= 15 is 0 Å². The lowest BCUT2D eigenvalue weighted by atomic mass is 10.1. The number of aliphatic hydroxyl groups excluding tert-OH is 1. The molecule has 2 aromatic carbocycles. The van der Waals surface area contributed by atoms with Crippen LogP contribution in [0.4, 0.5) is 0 Å². The van der Waals surface area contributed by atoms with Gasteiger partial charge in [0.25, 0.3) is 0 Å². The van der Waals surface area contributed by atoms with Crippen molar-refractivity contribution in [1.82, 2.24) is 5.32 Å². The molecule has 0 spiro atoms. The molecule has 22 heavy (non-hydrogen) atoms. The maximum Gasteiger partial charge on any atom is 0.137 e. The molecule has 0 radical (unpaired) electrons. The molecule has 118 valence electrons. The molecule has 4 nitrogen and oxygen atoms in total. The summed E-state index contributed by atoms with van der Waals surface area (Å²) in [6.45, 7) is 3.46. The van der Waals surface area contributed by atoms with E-state index in [1.807, 2.05) is 25.1 Å². The molecule has 0 aliphatic rings. The molecule has 0 heterocycles. The van der Waals surface area contributed by atoms with Crippen LogP contribution in [0.1, 0.15) is 24.2 Å². The minimum absolute atomic E-state index is 0.148. The Morgan fingerprint density at radius 1 is 1.23 bits per heavy atom. The van der Waals surface area contributed by atoms with E-state index in [1.54, 1.807) is 24.3 Å². The fraction of sp³-hybridized carbons (Fsp3) is 0.294. The number of hydrogen-bond donors (Lipinski definition) is 3. The van der Waals surface area contributed by atoms with Crippen LogP contribution in [0, 0.1) is 0 Å². The van der Waals surface area contributed by atoms with Gasteiger partial charge in [-0.15, -0.1) is 0 Å². The maximum atomic E-state index is 10.1.